The zero-order valence-electron chi connectivity index (χ0n) is 14.4. The molecule has 0 spiro atoms. The number of halogens is 3. The van der Waals surface area contributed by atoms with E-state index in [9.17, 15) is 22.8 Å². The monoisotopic (exact) mass is 426 g/mol. The van der Waals surface area contributed by atoms with Crippen LogP contribution in [0.25, 0.3) is 0 Å². The van der Waals surface area contributed by atoms with Gasteiger partial charge >= 0.3 is 6.18 Å². The molecule has 0 fully saturated rings. The summed E-state index contributed by atoms with van der Waals surface area (Å²) in [6, 6.07) is 9.38. The highest BCUT2D eigenvalue weighted by atomic mass is 32.2. The summed E-state index contributed by atoms with van der Waals surface area (Å²) in [5, 5.41) is 1.99. The summed E-state index contributed by atoms with van der Waals surface area (Å²) in [4.78, 5) is 35.0. The number of thioether (sulfide) groups is 1. The number of hydrogen-bond acceptors (Lipinski definition) is 6. The highest BCUT2D eigenvalue weighted by Crippen LogP contribution is 2.31. The minimum Gasteiger partial charge on any atom is -0.301 e. The summed E-state index contributed by atoms with van der Waals surface area (Å²) in [5.41, 5.74) is -0.917. The van der Waals surface area contributed by atoms with Crippen LogP contribution >= 0.6 is 23.1 Å². The molecular formula is C17H13F3N4O2S2. The van der Waals surface area contributed by atoms with Crippen LogP contribution in [0.1, 0.15) is 18.3 Å². The summed E-state index contributed by atoms with van der Waals surface area (Å²) in [7, 11) is 0. The molecule has 0 radical (unpaired) electrons. The molecule has 3 rings (SSSR count). The van der Waals surface area contributed by atoms with Crippen molar-refractivity contribution in [2.24, 2.45) is 0 Å². The van der Waals surface area contributed by atoms with Gasteiger partial charge in [0.1, 0.15) is 0 Å². The Bertz CT molecular complexity index is 1030. The maximum Gasteiger partial charge on any atom is 0.433 e. The van der Waals surface area contributed by atoms with Crippen LogP contribution in [0, 0.1) is 0 Å². The van der Waals surface area contributed by atoms with Crippen LogP contribution in [0.2, 0.25) is 0 Å². The third-order valence-corrected chi connectivity index (χ3v) is 5.21. The van der Waals surface area contributed by atoms with Crippen LogP contribution in [0.15, 0.2) is 51.7 Å². The van der Waals surface area contributed by atoms with E-state index in [1.165, 1.54) is 23.2 Å². The fourth-order valence-electron chi connectivity index (χ4n) is 2.26. The molecule has 0 aliphatic heterocycles. The quantitative estimate of drug-likeness (QED) is 0.488. The van der Waals surface area contributed by atoms with Crippen LogP contribution in [-0.4, -0.2) is 20.9 Å². The molecule has 28 heavy (non-hydrogen) atoms. The summed E-state index contributed by atoms with van der Waals surface area (Å²) in [6.07, 6.45) is -4.70. The van der Waals surface area contributed by atoms with E-state index in [0.29, 0.717) is 22.6 Å². The second kappa shape index (κ2) is 8.15. The average Bonchev–Trinajstić information content (AvgIpc) is 3.08. The maximum absolute atomic E-state index is 12.8. The number of H-pyrrole nitrogens is 1. The van der Waals surface area contributed by atoms with E-state index in [1.54, 1.807) is 29.6 Å². The number of nitrogens with one attached hydrogen (secondary N) is 1. The summed E-state index contributed by atoms with van der Waals surface area (Å²) in [6.45, 7) is 1.42. The Kier molecular flexibility index (Phi) is 5.84. The fraction of sp³-hybridized carbons (Fsp3) is 0.176. The standard InChI is InChI=1S/C17H13F3N4O2S2/c1-10(25)24(12-5-3-2-4-6-12)16-21-11(9-28-16)8-27-15-22-13(17(18,19)20)7-14(26)23-15/h2-7,9H,8H2,1H3,(H,22,23,26). The lowest BCUT2D eigenvalue weighted by Crippen LogP contribution is -2.22. The number of anilines is 2. The zero-order valence-corrected chi connectivity index (χ0v) is 16.0. The van der Waals surface area contributed by atoms with E-state index < -0.39 is 17.4 Å². The first-order valence-electron chi connectivity index (χ1n) is 7.85. The van der Waals surface area contributed by atoms with Crippen molar-refractivity contribution in [3.05, 3.63) is 63.5 Å². The smallest absolute Gasteiger partial charge is 0.301 e. The highest BCUT2D eigenvalue weighted by molar-refractivity contribution is 7.98. The molecule has 1 amide bonds. The zero-order chi connectivity index (χ0) is 20.3. The van der Waals surface area contributed by atoms with E-state index >= 15 is 0 Å². The maximum atomic E-state index is 12.8. The van der Waals surface area contributed by atoms with E-state index in [1.807, 2.05) is 6.07 Å². The largest absolute Gasteiger partial charge is 0.433 e. The van der Waals surface area contributed by atoms with Gasteiger partial charge < -0.3 is 4.98 Å². The van der Waals surface area contributed by atoms with Crippen LogP contribution in [-0.2, 0) is 16.7 Å². The van der Waals surface area contributed by atoms with Gasteiger partial charge in [-0.15, -0.1) is 11.3 Å². The molecule has 11 heteroatoms. The third-order valence-electron chi connectivity index (χ3n) is 3.43. The third kappa shape index (κ3) is 4.78. The van der Waals surface area contributed by atoms with Crippen molar-refractivity contribution >= 4 is 39.8 Å². The van der Waals surface area contributed by atoms with Crippen molar-refractivity contribution in [2.45, 2.75) is 24.0 Å². The minimum absolute atomic E-state index is 0.152. The van der Waals surface area contributed by atoms with Gasteiger partial charge in [0.05, 0.1) is 11.4 Å². The Morgan fingerprint density at radius 2 is 1.96 bits per heavy atom. The average molecular weight is 426 g/mol. The van der Waals surface area contributed by atoms with Gasteiger partial charge in [0.2, 0.25) is 5.91 Å². The van der Waals surface area contributed by atoms with Crippen LogP contribution < -0.4 is 10.5 Å². The van der Waals surface area contributed by atoms with Crippen molar-refractivity contribution in [1.82, 2.24) is 15.0 Å². The molecule has 1 aromatic carbocycles. The van der Waals surface area contributed by atoms with Crippen LogP contribution in [0.4, 0.5) is 24.0 Å². The lowest BCUT2D eigenvalue weighted by atomic mass is 10.3. The van der Waals surface area contributed by atoms with Crippen molar-refractivity contribution in [3.8, 4) is 0 Å². The number of alkyl halides is 3. The van der Waals surface area contributed by atoms with Crippen LogP contribution in [0.3, 0.4) is 0 Å². The van der Waals surface area contributed by atoms with Gasteiger partial charge in [0.25, 0.3) is 5.56 Å². The van der Waals surface area contributed by atoms with Crippen molar-refractivity contribution in [2.75, 3.05) is 4.90 Å². The topological polar surface area (TPSA) is 79.0 Å². The Labute approximate surface area is 165 Å². The van der Waals surface area contributed by atoms with Crippen molar-refractivity contribution in [3.63, 3.8) is 0 Å². The number of hydrogen-bond donors (Lipinski definition) is 1. The number of nitrogens with zero attached hydrogens (tertiary/aromatic N) is 3. The fourth-order valence-corrected chi connectivity index (χ4v) is 4.02. The first-order chi connectivity index (χ1) is 13.2. The molecule has 0 aliphatic carbocycles. The molecule has 0 aliphatic rings. The first kappa shape index (κ1) is 20.1. The molecule has 1 N–H and O–H groups in total. The second-order valence-corrected chi connectivity index (χ2v) is 7.33. The number of amides is 1. The summed E-state index contributed by atoms with van der Waals surface area (Å²) < 4.78 is 38.3. The molecule has 2 aromatic heterocycles. The summed E-state index contributed by atoms with van der Waals surface area (Å²) >= 11 is 2.16. The Hall–Kier alpha value is -2.66. The lowest BCUT2D eigenvalue weighted by molar-refractivity contribution is -0.141. The molecule has 0 bridgehead atoms. The number of carbonyl (C=O) groups excluding carboxylic acids is 1. The highest BCUT2D eigenvalue weighted by Gasteiger charge is 2.33. The second-order valence-electron chi connectivity index (χ2n) is 5.53. The number of benzene rings is 1. The minimum atomic E-state index is -4.70. The van der Waals surface area contributed by atoms with E-state index in [0.717, 1.165) is 11.8 Å². The molecule has 3 aromatic rings. The Morgan fingerprint density at radius 1 is 1.25 bits per heavy atom. The van der Waals surface area contributed by atoms with Gasteiger partial charge in [-0.2, -0.15) is 13.2 Å². The van der Waals surface area contributed by atoms with Crippen LogP contribution in [0.5, 0.6) is 0 Å². The first-order valence-corrected chi connectivity index (χ1v) is 9.72. The van der Waals surface area contributed by atoms with Gasteiger partial charge in [-0.25, -0.2) is 9.97 Å². The molecule has 0 saturated carbocycles. The van der Waals surface area contributed by atoms with Gasteiger partial charge in [-0.3, -0.25) is 14.5 Å². The molecule has 6 nitrogen and oxygen atoms in total. The van der Waals surface area contributed by atoms with E-state index in [-0.39, 0.29) is 16.8 Å². The summed E-state index contributed by atoms with van der Waals surface area (Å²) in [5.74, 6) is -0.0370. The molecule has 0 unspecified atom stereocenters. The SMILES string of the molecule is CC(=O)N(c1ccccc1)c1nc(CSc2nc(C(F)(F)F)cc(=O)[nH]2)cs1. The predicted molar refractivity (Wildman–Crippen MR) is 101 cm³/mol. The van der Waals surface area contributed by atoms with Crippen molar-refractivity contribution in [1.29, 1.82) is 0 Å². The van der Waals surface area contributed by atoms with Gasteiger partial charge in [-0.1, -0.05) is 30.0 Å². The molecule has 146 valence electrons. The number of carbonyl (C=O) groups is 1. The molecule has 0 atom stereocenters. The Morgan fingerprint density at radius 3 is 2.61 bits per heavy atom. The number of thiazole rings is 1. The molecule has 2 heterocycles. The van der Waals surface area contributed by atoms with E-state index in [4.69, 9.17) is 0 Å². The number of aromatic nitrogens is 3. The van der Waals surface area contributed by atoms with Gasteiger partial charge in [0.15, 0.2) is 16.0 Å². The molecular weight excluding hydrogens is 413 g/mol. The number of rotatable bonds is 5. The number of aromatic amines is 1. The van der Waals surface area contributed by atoms with E-state index in [2.05, 4.69) is 15.0 Å². The van der Waals surface area contributed by atoms with Gasteiger partial charge in [0, 0.05) is 24.1 Å². The van der Waals surface area contributed by atoms with Crippen molar-refractivity contribution < 1.29 is 18.0 Å². The Balaban J connectivity index is 1.77. The number of para-hydroxylation sites is 1. The lowest BCUT2D eigenvalue weighted by Gasteiger charge is -2.17. The van der Waals surface area contributed by atoms with Gasteiger partial charge in [-0.05, 0) is 12.1 Å². The normalized spacial score (nSPS) is 11.4. The predicted octanol–water partition coefficient (Wildman–Crippen LogP) is 4.22. The molecule has 0 saturated heterocycles.